The summed E-state index contributed by atoms with van der Waals surface area (Å²) in [4.78, 5) is 39.1. The van der Waals surface area contributed by atoms with Crippen LogP contribution in [0.25, 0.3) is 10.9 Å². The standard InChI is InChI=1S/C23H27N3O3/c1-4-15-25-22(28)18-13-9-10-14-20(18)26(23(25)29)19(5-2)21(27)24-16(3)17-11-7-6-8-12-17/h6-14,16,19H,4-5,15H2,1-3H3,(H,24,27)/t16-,19+/m0/s1. The lowest BCUT2D eigenvalue weighted by Gasteiger charge is -2.23. The molecular formula is C23H27N3O3. The Morgan fingerprint density at radius 1 is 1.00 bits per heavy atom. The number of fused-ring (bicyclic) bond motifs is 1. The Balaban J connectivity index is 2.08. The number of rotatable bonds is 7. The molecule has 6 heteroatoms. The molecule has 0 spiro atoms. The van der Waals surface area contributed by atoms with E-state index >= 15 is 0 Å². The lowest BCUT2D eigenvalue weighted by molar-refractivity contribution is -0.125. The maximum Gasteiger partial charge on any atom is 0.332 e. The average Bonchev–Trinajstić information content (AvgIpc) is 2.74. The van der Waals surface area contributed by atoms with Crippen molar-refractivity contribution in [2.45, 2.75) is 52.2 Å². The number of benzene rings is 2. The minimum atomic E-state index is -0.706. The molecule has 2 atom stereocenters. The van der Waals surface area contributed by atoms with Gasteiger partial charge in [0.15, 0.2) is 0 Å². The molecule has 152 valence electrons. The smallest absolute Gasteiger partial charge is 0.332 e. The third-order valence-corrected chi connectivity index (χ3v) is 5.18. The van der Waals surface area contributed by atoms with Gasteiger partial charge >= 0.3 is 5.69 Å². The van der Waals surface area contributed by atoms with Crippen LogP contribution in [0, 0.1) is 0 Å². The zero-order valence-electron chi connectivity index (χ0n) is 17.1. The third-order valence-electron chi connectivity index (χ3n) is 5.18. The summed E-state index contributed by atoms with van der Waals surface area (Å²) in [7, 11) is 0. The first-order valence-corrected chi connectivity index (χ1v) is 10.1. The summed E-state index contributed by atoms with van der Waals surface area (Å²) in [5.74, 6) is -0.238. The SMILES string of the molecule is CCCn1c(=O)c2ccccc2n([C@H](CC)C(=O)N[C@@H](C)c2ccccc2)c1=O. The highest BCUT2D eigenvalue weighted by atomic mass is 16.2. The molecule has 0 fully saturated rings. The highest BCUT2D eigenvalue weighted by Gasteiger charge is 2.25. The van der Waals surface area contributed by atoms with E-state index in [0.29, 0.717) is 30.3 Å². The topological polar surface area (TPSA) is 73.1 Å². The number of para-hydroxylation sites is 1. The lowest BCUT2D eigenvalue weighted by atomic mass is 10.1. The van der Waals surface area contributed by atoms with Crippen LogP contribution in [-0.2, 0) is 11.3 Å². The second-order valence-corrected chi connectivity index (χ2v) is 7.19. The van der Waals surface area contributed by atoms with E-state index in [1.807, 2.05) is 51.1 Å². The normalized spacial score (nSPS) is 13.2. The Hall–Kier alpha value is -3.15. The van der Waals surface area contributed by atoms with Gasteiger partial charge < -0.3 is 5.32 Å². The zero-order valence-corrected chi connectivity index (χ0v) is 17.1. The van der Waals surface area contributed by atoms with Crippen LogP contribution in [0.3, 0.4) is 0 Å². The molecule has 1 amide bonds. The van der Waals surface area contributed by atoms with Gasteiger partial charge in [-0.3, -0.25) is 18.7 Å². The average molecular weight is 393 g/mol. The molecule has 2 aromatic carbocycles. The van der Waals surface area contributed by atoms with Gasteiger partial charge in [-0.15, -0.1) is 0 Å². The van der Waals surface area contributed by atoms with Crippen LogP contribution in [-0.4, -0.2) is 15.0 Å². The van der Waals surface area contributed by atoms with Gasteiger partial charge in [0, 0.05) is 6.54 Å². The number of nitrogens with one attached hydrogen (secondary N) is 1. The van der Waals surface area contributed by atoms with Gasteiger partial charge in [0.05, 0.1) is 16.9 Å². The van der Waals surface area contributed by atoms with Crippen molar-refractivity contribution in [1.29, 1.82) is 0 Å². The summed E-state index contributed by atoms with van der Waals surface area (Å²) in [5.41, 5.74) is 0.731. The van der Waals surface area contributed by atoms with Gasteiger partial charge in [0.1, 0.15) is 6.04 Å². The molecule has 1 aromatic heterocycles. The van der Waals surface area contributed by atoms with Crippen LogP contribution in [0.4, 0.5) is 0 Å². The van der Waals surface area contributed by atoms with Crippen molar-refractivity contribution in [1.82, 2.24) is 14.5 Å². The van der Waals surface area contributed by atoms with Crippen molar-refractivity contribution in [3.63, 3.8) is 0 Å². The maximum absolute atomic E-state index is 13.2. The molecule has 0 bridgehead atoms. The molecule has 1 heterocycles. The molecule has 3 aromatic rings. The van der Waals surface area contributed by atoms with E-state index in [4.69, 9.17) is 0 Å². The van der Waals surface area contributed by atoms with Gasteiger partial charge in [0.2, 0.25) is 5.91 Å². The fraction of sp³-hybridized carbons (Fsp3) is 0.348. The second-order valence-electron chi connectivity index (χ2n) is 7.19. The molecule has 6 nitrogen and oxygen atoms in total. The van der Waals surface area contributed by atoms with Crippen LogP contribution in [0.1, 0.15) is 51.3 Å². The van der Waals surface area contributed by atoms with Crippen LogP contribution < -0.4 is 16.6 Å². The van der Waals surface area contributed by atoms with Gasteiger partial charge in [-0.05, 0) is 37.5 Å². The number of amides is 1. The van der Waals surface area contributed by atoms with Gasteiger partial charge in [-0.2, -0.15) is 0 Å². The molecule has 1 N–H and O–H groups in total. The summed E-state index contributed by atoms with van der Waals surface area (Å²) in [6, 6.07) is 15.8. The predicted molar refractivity (Wildman–Crippen MR) is 115 cm³/mol. The van der Waals surface area contributed by atoms with Gasteiger partial charge in [0.25, 0.3) is 5.56 Å². The Morgan fingerprint density at radius 2 is 1.66 bits per heavy atom. The molecule has 0 unspecified atom stereocenters. The van der Waals surface area contributed by atoms with E-state index in [2.05, 4.69) is 5.32 Å². The summed E-state index contributed by atoms with van der Waals surface area (Å²) in [5, 5.41) is 3.46. The van der Waals surface area contributed by atoms with Crippen molar-refractivity contribution < 1.29 is 4.79 Å². The second kappa shape index (κ2) is 8.90. The van der Waals surface area contributed by atoms with E-state index in [1.54, 1.807) is 24.3 Å². The van der Waals surface area contributed by atoms with Crippen LogP contribution >= 0.6 is 0 Å². The van der Waals surface area contributed by atoms with Crippen molar-refractivity contribution in [3.05, 3.63) is 81.0 Å². The number of nitrogens with zero attached hydrogens (tertiary/aromatic N) is 2. The van der Waals surface area contributed by atoms with Crippen molar-refractivity contribution in [2.24, 2.45) is 0 Å². The Labute approximate surface area is 169 Å². The monoisotopic (exact) mass is 393 g/mol. The largest absolute Gasteiger partial charge is 0.348 e. The number of carbonyl (C=O) groups is 1. The first-order chi connectivity index (χ1) is 14.0. The van der Waals surface area contributed by atoms with Crippen LogP contribution in [0.5, 0.6) is 0 Å². The van der Waals surface area contributed by atoms with E-state index in [1.165, 1.54) is 9.13 Å². The number of carbonyl (C=O) groups excluding carboxylic acids is 1. The molecule has 29 heavy (non-hydrogen) atoms. The Kier molecular flexibility index (Phi) is 6.32. The highest BCUT2D eigenvalue weighted by Crippen LogP contribution is 2.19. The summed E-state index contributed by atoms with van der Waals surface area (Å²) < 4.78 is 2.71. The minimum Gasteiger partial charge on any atom is -0.348 e. The Morgan fingerprint density at radius 3 is 2.31 bits per heavy atom. The summed E-state index contributed by atoms with van der Waals surface area (Å²) in [6.45, 7) is 6.02. The van der Waals surface area contributed by atoms with Crippen molar-refractivity contribution in [2.75, 3.05) is 0 Å². The quantitative estimate of drug-likeness (QED) is 0.669. The predicted octanol–water partition coefficient (Wildman–Crippen LogP) is 3.40. The summed E-state index contributed by atoms with van der Waals surface area (Å²) in [6.07, 6.45) is 1.09. The summed E-state index contributed by atoms with van der Waals surface area (Å²) >= 11 is 0. The number of aromatic nitrogens is 2. The van der Waals surface area contributed by atoms with E-state index in [0.717, 1.165) is 5.56 Å². The third kappa shape index (κ3) is 4.01. The van der Waals surface area contributed by atoms with Crippen LogP contribution in [0.15, 0.2) is 64.2 Å². The first kappa shape index (κ1) is 20.6. The van der Waals surface area contributed by atoms with Gasteiger partial charge in [-0.1, -0.05) is 56.3 Å². The number of hydrogen-bond acceptors (Lipinski definition) is 3. The fourth-order valence-electron chi connectivity index (χ4n) is 3.67. The molecule has 0 saturated heterocycles. The molecule has 0 radical (unpaired) electrons. The van der Waals surface area contributed by atoms with Crippen molar-refractivity contribution in [3.8, 4) is 0 Å². The molecule has 3 rings (SSSR count). The molecule has 0 aliphatic heterocycles. The Bertz CT molecular complexity index is 1120. The molecule has 0 aliphatic carbocycles. The highest BCUT2D eigenvalue weighted by molar-refractivity contribution is 5.84. The van der Waals surface area contributed by atoms with E-state index in [9.17, 15) is 14.4 Å². The van der Waals surface area contributed by atoms with E-state index in [-0.39, 0.29) is 17.5 Å². The number of hydrogen-bond donors (Lipinski definition) is 1. The van der Waals surface area contributed by atoms with Crippen molar-refractivity contribution >= 4 is 16.8 Å². The molecule has 0 aliphatic rings. The molecular weight excluding hydrogens is 366 g/mol. The lowest BCUT2D eigenvalue weighted by Crippen LogP contribution is -2.45. The van der Waals surface area contributed by atoms with Crippen LogP contribution in [0.2, 0.25) is 0 Å². The van der Waals surface area contributed by atoms with Gasteiger partial charge in [-0.25, -0.2) is 4.79 Å². The minimum absolute atomic E-state index is 0.193. The maximum atomic E-state index is 13.2. The van der Waals surface area contributed by atoms with E-state index < -0.39 is 11.7 Å². The fourth-order valence-corrected chi connectivity index (χ4v) is 3.67. The first-order valence-electron chi connectivity index (χ1n) is 10.1. The zero-order chi connectivity index (χ0) is 21.0. The molecule has 0 saturated carbocycles.